The van der Waals surface area contributed by atoms with E-state index in [2.05, 4.69) is 15.2 Å². The highest BCUT2D eigenvalue weighted by atomic mass is 19.1. The van der Waals surface area contributed by atoms with Crippen LogP contribution in [-0.2, 0) is 13.1 Å². The number of pyridine rings is 1. The summed E-state index contributed by atoms with van der Waals surface area (Å²) in [5, 5.41) is 16.8. The van der Waals surface area contributed by atoms with Crippen LogP contribution in [0.1, 0.15) is 16.2 Å². The van der Waals surface area contributed by atoms with Gasteiger partial charge in [0.15, 0.2) is 5.82 Å². The molecule has 2 aromatic rings. The van der Waals surface area contributed by atoms with Gasteiger partial charge in [0.05, 0.1) is 12.7 Å². The van der Waals surface area contributed by atoms with Crippen LogP contribution in [0.25, 0.3) is 0 Å². The Hall–Kier alpha value is -2.51. The predicted octanol–water partition coefficient (Wildman–Crippen LogP) is 0.531. The predicted molar refractivity (Wildman–Crippen MR) is 62.2 cm³/mol. The van der Waals surface area contributed by atoms with Crippen molar-refractivity contribution in [2.24, 2.45) is 0 Å². The molecule has 0 aromatic carbocycles. The molecule has 0 spiro atoms. The number of rotatable bonds is 2. The number of halogens is 1. The van der Waals surface area contributed by atoms with Gasteiger partial charge in [-0.05, 0) is 6.07 Å². The van der Waals surface area contributed by atoms with E-state index in [9.17, 15) is 9.18 Å². The molecule has 0 amide bonds. The normalized spacial score (nSPS) is 14.3. The fourth-order valence-corrected chi connectivity index (χ4v) is 2.09. The summed E-state index contributed by atoms with van der Waals surface area (Å²) in [6.07, 6.45) is 2.64. The van der Waals surface area contributed by atoms with E-state index in [0.29, 0.717) is 19.6 Å². The third kappa shape index (κ3) is 2.01. The summed E-state index contributed by atoms with van der Waals surface area (Å²) in [5.41, 5.74) is -0.145. The molecule has 98 valence electrons. The van der Waals surface area contributed by atoms with Gasteiger partial charge in [-0.25, -0.2) is 14.2 Å². The third-order valence-electron chi connectivity index (χ3n) is 3.00. The van der Waals surface area contributed by atoms with Crippen molar-refractivity contribution in [3.05, 3.63) is 35.8 Å². The van der Waals surface area contributed by atoms with Gasteiger partial charge in [0.2, 0.25) is 0 Å². The minimum Gasteiger partial charge on any atom is -0.478 e. The molecule has 1 aliphatic rings. The Bertz CT molecular complexity index is 642. The van der Waals surface area contributed by atoms with Crippen molar-refractivity contribution in [1.29, 1.82) is 0 Å². The Morgan fingerprint density at radius 1 is 1.42 bits per heavy atom. The van der Waals surface area contributed by atoms with Crippen molar-refractivity contribution in [3.63, 3.8) is 0 Å². The Kier molecular flexibility index (Phi) is 2.62. The molecule has 0 radical (unpaired) electrons. The van der Waals surface area contributed by atoms with Gasteiger partial charge >= 0.3 is 5.97 Å². The molecular weight excluding hydrogens is 253 g/mol. The minimum atomic E-state index is -1.20. The second kappa shape index (κ2) is 4.30. The monoisotopic (exact) mass is 263 g/mol. The summed E-state index contributed by atoms with van der Waals surface area (Å²) in [5.74, 6) is -0.882. The number of hydrogen-bond acceptors (Lipinski definition) is 5. The van der Waals surface area contributed by atoms with E-state index >= 15 is 0 Å². The van der Waals surface area contributed by atoms with Crippen molar-refractivity contribution in [3.8, 4) is 0 Å². The van der Waals surface area contributed by atoms with E-state index in [-0.39, 0.29) is 11.4 Å². The number of anilines is 1. The molecule has 0 saturated carbocycles. The second-order valence-corrected chi connectivity index (χ2v) is 4.19. The quantitative estimate of drug-likeness (QED) is 0.850. The Balaban J connectivity index is 1.98. The SMILES string of the molecule is O=C(O)c1cc(F)cnc1N1CCn2cnnc2C1. The molecule has 2 aromatic heterocycles. The summed E-state index contributed by atoms with van der Waals surface area (Å²) < 4.78 is 15.0. The van der Waals surface area contributed by atoms with Gasteiger partial charge in [0.25, 0.3) is 0 Å². The molecule has 8 heteroatoms. The summed E-state index contributed by atoms with van der Waals surface area (Å²) in [6, 6.07) is 0.976. The first-order chi connectivity index (χ1) is 9.15. The number of carboxylic acid groups (broad SMARTS) is 1. The van der Waals surface area contributed by atoms with E-state index in [1.807, 2.05) is 4.57 Å². The van der Waals surface area contributed by atoms with Crippen LogP contribution in [0.2, 0.25) is 0 Å². The number of carboxylic acids is 1. The number of nitrogens with zero attached hydrogens (tertiary/aromatic N) is 5. The van der Waals surface area contributed by atoms with Crippen LogP contribution in [-0.4, -0.2) is 37.4 Å². The molecule has 3 rings (SSSR count). The maximum Gasteiger partial charge on any atom is 0.339 e. The molecular formula is C11H10FN5O2. The lowest BCUT2D eigenvalue weighted by molar-refractivity contribution is 0.0696. The molecule has 0 atom stereocenters. The minimum absolute atomic E-state index is 0.145. The first-order valence-electron chi connectivity index (χ1n) is 5.65. The average molecular weight is 263 g/mol. The molecule has 0 aliphatic carbocycles. The van der Waals surface area contributed by atoms with Crippen molar-refractivity contribution < 1.29 is 14.3 Å². The van der Waals surface area contributed by atoms with Gasteiger partial charge in [-0.3, -0.25) is 0 Å². The molecule has 0 saturated heterocycles. The van der Waals surface area contributed by atoms with Gasteiger partial charge in [-0.2, -0.15) is 0 Å². The van der Waals surface area contributed by atoms with E-state index in [0.717, 1.165) is 18.1 Å². The van der Waals surface area contributed by atoms with Gasteiger partial charge < -0.3 is 14.6 Å². The number of aromatic carboxylic acids is 1. The molecule has 1 N–H and O–H groups in total. The molecule has 0 unspecified atom stereocenters. The molecule has 7 nitrogen and oxygen atoms in total. The van der Waals surface area contributed by atoms with Crippen LogP contribution in [0, 0.1) is 5.82 Å². The summed E-state index contributed by atoms with van der Waals surface area (Å²) >= 11 is 0. The van der Waals surface area contributed by atoms with E-state index < -0.39 is 11.8 Å². The molecule has 0 fully saturated rings. The van der Waals surface area contributed by atoms with E-state index in [1.165, 1.54) is 0 Å². The first kappa shape index (κ1) is 11.6. The molecule has 0 bridgehead atoms. The summed E-state index contributed by atoms with van der Waals surface area (Å²) in [4.78, 5) is 16.8. The maximum absolute atomic E-state index is 13.1. The second-order valence-electron chi connectivity index (χ2n) is 4.19. The molecule has 1 aliphatic heterocycles. The maximum atomic E-state index is 13.1. The highest BCUT2D eigenvalue weighted by Gasteiger charge is 2.23. The third-order valence-corrected chi connectivity index (χ3v) is 3.00. The largest absolute Gasteiger partial charge is 0.478 e. The number of hydrogen-bond donors (Lipinski definition) is 1. The zero-order chi connectivity index (χ0) is 13.4. The highest BCUT2D eigenvalue weighted by Crippen LogP contribution is 2.22. The van der Waals surface area contributed by atoms with Crippen LogP contribution in [0.3, 0.4) is 0 Å². The Morgan fingerprint density at radius 3 is 3.05 bits per heavy atom. The molecule has 3 heterocycles. The Labute approximate surface area is 107 Å². The van der Waals surface area contributed by atoms with Crippen LogP contribution in [0.5, 0.6) is 0 Å². The van der Waals surface area contributed by atoms with Crippen molar-refractivity contribution >= 4 is 11.8 Å². The number of carbonyl (C=O) groups is 1. The van der Waals surface area contributed by atoms with Crippen molar-refractivity contribution in [2.75, 3.05) is 11.4 Å². The summed E-state index contributed by atoms with van der Waals surface area (Å²) in [6.45, 7) is 1.61. The standard InChI is InChI=1S/C11H10FN5O2/c12-7-3-8(11(18)19)10(13-4-7)16-1-2-17-6-14-15-9(17)5-16/h3-4,6H,1-2,5H2,(H,18,19). The van der Waals surface area contributed by atoms with E-state index in [4.69, 9.17) is 5.11 Å². The van der Waals surface area contributed by atoms with E-state index in [1.54, 1.807) is 11.2 Å². The van der Waals surface area contributed by atoms with Gasteiger partial charge in [-0.15, -0.1) is 10.2 Å². The topological polar surface area (TPSA) is 84.1 Å². The summed E-state index contributed by atoms with van der Waals surface area (Å²) in [7, 11) is 0. The van der Waals surface area contributed by atoms with Crippen molar-refractivity contribution in [2.45, 2.75) is 13.1 Å². The van der Waals surface area contributed by atoms with Gasteiger partial charge in [0.1, 0.15) is 23.5 Å². The van der Waals surface area contributed by atoms with Gasteiger partial charge in [-0.1, -0.05) is 0 Å². The highest BCUT2D eigenvalue weighted by molar-refractivity contribution is 5.93. The lowest BCUT2D eigenvalue weighted by atomic mass is 10.2. The lowest BCUT2D eigenvalue weighted by Gasteiger charge is -2.28. The molecule has 19 heavy (non-hydrogen) atoms. The van der Waals surface area contributed by atoms with Crippen LogP contribution in [0.15, 0.2) is 18.6 Å². The first-order valence-corrected chi connectivity index (χ1v) is 5.65. The lowest BCUT2D eigenvalue weighted by Crippen LogP contribution is -2.35. The van der Waals surface area contributed by atoms with Crippen molar-refractivity contribution in [1.82, 2.24) is 19.7 Å². The van der Waals surface area contributed by atoms with Crippen LogP contribution >= 0.6 is 0 Å². The zero-order valence-electron chi connectivity index (χ0n) is 9.82. The smallest absolute Gasteiger partial charge is 0.339 e. The van der Waals surface area contributed by atoms with Gasteiger partial charge in [0, 0.05) is 13.1 Å². The van der Waals surface area contributed by atoms with Crippen LogP contribution < -0.4 is 4.90 Å². The van der Waals surface area contributed by atoms with Crippen LogP contribution in [0.4, 0.5) is 10.2 Å². The average Bonchev–Trinajstić information content (AvgIpc) is 2.85. The Morgan fingerprint density at radius 2 is 2.26 bits per heavy atom. The number of aromatic nitrogens is 4. The fraction of sp³-hybridized carbons (Fsp3) is 0.273. The number of fused-ring (bicyclic) bond motifs is 1. The fourth-order valence-electron chi connectivity index (χ4n) is 2.09. The zero-order valence-corrected chi connectivity index (χ0v) is 9.82.